The Morgan fingerprint density at radius 2 is 1.76 bits per heavy atom. The maximum Gasteiger partial charge on any atom is 0.261 e. The number of Topliss-reactive ketones (excluding diaryl/α,β-unsaturated/α-hetero) is 1. The number of rotatable bonds is 3. The summed E-state index contributed by atoms with van der Waals surface area (Å²) in [4.78, 5) is 39.3. The Morgan fingerprint density at radius 3 is 2.40 bits per heavy atom. The fourth-order valence-corrected chi connectivity index (χ4v) is 2.73. The van der Waals surface area contributed by atoms with Crippen LogP contribution in [-0.2, 0) is 0 Å². The molecule has 126 valence electrons. The van der Waals surface area contributed by atoms with Gasteiger partial charge in [-0.05, 0) is 55.8 Å². The van der Waals surface area contributed by atoms with Crippen LogP contribution in [0.4, 0.5) is 5.69 Å². The number of nitrogens with one attached hydrogen (secondary N) is 2. The zero-order valence-electron chi connectivity index (χ0n) is 13.6. The van der Waals surface area contributed by atoms with E-state index in [9.17, 15) is 14.4 Å². The van der Waals surface area contributed by atoms with Crippen LogP contribution < -0.4 is 10.7 Å². The third-order valence-corrected chi connectivity index (χ3v) is 4.45. The Labute approximate surface area is 148 Å². The summed E-state index contributed by atoms with van der Waals surface area (Å²) in [6.07, 6.45) is 1.38. The summed E-state index contributed by atoms with van der Waals surface area (Å²) in [5.74, 6) is -0.579. The van der Waals surface area contributed by atoms with E-state index in [1.807, 2.05) is 0 Å². The van der Waals surface area contributed by atoms with Crippen molar-refractivity contribution in [2.24, 2.45) is 0 Å². The van der Waals surface area contributed by atoms with Crippen molar-refractivity contribution in [3.05, 3.63) is 74.5 Å². The van der Waals surface area contributed by atoms with Gasteiger partial charge < -0.3 is 10.3 Å². The average Bonchev–Trinajstić information content (AvgIpc) is 2.59. The number of hydrogen-bond donors (Lipinski definition) is 2. The molecule has 0 atom stereocenters. The van der Waals surface area contributed by atoms with Crippen LogP contribution in [0.2, 0.25) is 5.02 Å². The topological polar surface area (TPSA) is 79.0 Å². The third kappa shape index (κ3) is 3.19. The number of hydrogen-bond acceptors (Lipinski definition) is 3. The molecule has 0 unspecified atom stereocenters. The molecular weight excluding hydrogens is 340 g/mol. The molecule has 3 rings (SSSR count). The lowest BCUT2D eigenvalue weighted by atomic mass is 10.1. The number of fused-ring (bicyclic) bond motifs is 1. The SMILES string of the molecule is CC(=O)c1ccc(NC(=O)c2c[nH]c3c(C)c(Cl)ccc3c2=O)cc1. The molecule has 0 bridgehead atoms. The minimum atomic E-state index is -0.522. The maximum atomic E-state index is 12.6. The number of anilines is 1. The maximum absolute atomic E-state index is 12.6. The first kappa shape index (κ1) is 16.9. The zero-order chi connectivity index (χ0) is 18.1. The lowest BCUT2D eigenvalue weighted by molar-refractivity contribution is 0.101. The second-order valence-corrected chi connectivity index (χ2v) is 6.12. The molecule has 25 heavy (non-hydrogen) atoms. The number of aromatic amines is 1. The van der Waals surface area contributed by atoms with Gasteiger partial charge in [0.25, 0.3) is 5.91 Å². The first-order chi connectivity index (χ1) is 11.9. The summed E-state index contributed by atoms with van der Waals surface area (Å²) in [5.41, 5.74) is 2.05. The molecular formula is C19H15ClN2O3. The number of aryl methyl sites for hydroxylation is 1. The summed E-state index contributed by atoms with van der Waals surface area (Å²) in [7, 11) is 0. The molecule has 0 saturated carbocycles. The van der Waals surface area contributed by atoms with E-state index in [0.717, 1.165) is 5.56 Å². The molecule has 1 amide bonds. The molecule has 2 N–H and O–H groups in total. The van der Waals surface area contributed by atoms with Crippen LogP contribution >= 0.6 is 11.6 Å². The molecule has 0 aliphatic heterocycles. The minimum absolute atomic E-state index is 0.00451. The van der Waals surface area contributed by atoms with E-state index in [4.69, 9.17) is 11.6 Å². The van der Waals surface area contributed by atoms with Gasteiger partial charge in [-0.1, -0.05) is 11.6 Å². The molecule has 2 aromatic carbocycles. The van der Waals surface area contributed by atoms with Crippen molar-refractivity contribution in [1.29, 1.82) is 0 Å². The second-order valence-electron chi connectivity index (χ2n) is 5.71. The van der Waals surface area contributed by atoms with E-state index in [-0.39, 0.29) is 16.8 Å². The van der Waals surface area contributed by atoms with E-state index in [1.54, 1.807) is 43.3 Å². The fourth-order valence-electron chi connectivity index (χ4n) is 2.57. The number of ketones is 1. The van der Waals surface area contributed by atoms with Crippen LogP contribution in [0.25, 0.3) is 10.9 Å². The van der Waals surface area contributed by atoms with Gasteiger partial charge in [0.05, 0.1) is 5.52 Å². The van der Waals surface area contributed by atoms with Gasteiger partial charge in [0, 0.05) is 27.9 Å². The minimum Gasteiger partial charge on any atom is -0.360 e. The Kier molecular flexibility index (Phi) is 4.42. The number of halogens is 1. The second kappa shape index (κ2) is 6.53. The highest BCUT2D eigenvalue weighted by atomic mass is 35.5. The van der Waals surface area contributed by atoms with Crippen molar-refractivity contribution in [3.63, 3.8) is 0 Å². The van der Waals surface area contributed by atoms with Crippen molar-refractivity contribution in [2.75, 3.05) is 5.32 Å². The molecule has 5 nitrogen and oxygen atoms in total. The van der Waals surface area contributed by atoms with Gasteiger partial charge in [-0.25, -0.2) is 0 Å². The van der Waals surface area contributed by atoms with Crippen molar-refractivity contribution in [3.8, 4) is 0 Å². The van der Waals surface area contributed by atoms with E-state index >= 15 is 0 Å². The Bertz CT molecular complexity index is 1050. The van der Waals surface area contributed by atoms with Crippen LogP contribution in [-0.4, -0.2) is 16.7 Å². The van der Waals surface area contributed by atoms with Gasteiger partial charge in [-0.15, -0.1) is 0 Å². The van der Waals surface area contributed by atoms with Crippen LogP contribution in [0, 0.1) is 6.92 Å². The van der Waals surface area contributed by atoms with Gasteiger partial charge in [0.2, 0.25) is 5.43 Å². The fraction of sp³-hybridized carbons (Fsp3) is 0.105. The van der Waals surface area contributed by atoms with E-state index in [1.165, 1.54) is 13.1 Å². The van der Waals surface area contributed by atoms with Crippen LogP contribution in [0.3, 0.4) is 0 Å². The number of amides is 1. The molecule has 0 aliphatic rings. The van der Waals surface area contributed by atoms with E-state index in [0.29, 0.717) is 27.2 Å². The van der Waals surface area contributed by atoms with E-state index < -0.39 is 5.91 Å². The molecule has 0 radical (unpaired) electrons. The van der Waals surface area contributed by atoms with Gasteiger partial charge in [-0.2, -0.15) is 0 Å². The third-order valence-electron chi connectivity index (χ3n) is 4.04. The quantitative estimate of drug-likeness (QED) is 0.699. The Hall–Kier alpha value is -2.92. The molecule has 1 heterocycles. The smallest absolute Gasteiger partial charge is 0.261 e. The highest BCUT2D eigenvalue weighted by Crippen LogP contribution is 2.22. The van der Waals surface area contributed by atoms with Crippen molar-refractivity contribution < 1.29 is 9.59 Å². The molecule has 0 saturated heterocycles. The number of aromatic nitrogens is 1. The summed E-state index contributed by atoms with van der Waals surface area (Å²) in [6.45, 7) is 3.27. The number of pyridine rings is 1. The van der Waals surface area contributed by atoms with Crippen LogP contribution in [0.1, 0.15) is 33.2 Å². The summed E-state index contributed by atoms with van der Waals surface area (Å²) < 4.78 is 0. The van der Waals surface area contributed by atoms with E-state index in [2.05, 4.69) is 10.3 Å². The van der Waals surface area contributed by atoms with Gasteiger partial charge in [-0.3, -0.25) is 14.4 Å². The highest BCUT2D eigenvalue weighted by Gasteiger charge is 2.15. The average molecular weight is 355 g/mol. The lowest BCUT2D eigenvalue weighted by Crippen LogP contribution is -2.22. The lowest BCUT2D eigenvalue weighted by Gasteiger charge is -2.08. The first-order valence-electron chi connectivity index (χ1n) is 7.61. The molecule has 3 aromatic rings. The molecule has 6 heteroatoms. The van der Waals surface area contributed by atoms with Crippen molar-refractivity contribution in [2.45, 2.75) is 13.8 Å². The van der Waals surface area contributed by atoms with Crippen LogP contribution in [0.5, 0.6) is 0 Å². The van der Waals surface area contributed by atoms with Gasteiger partial charge in [0.15, 0.2) is 5.78 Å². The number of carbonyl (C=O) groups is 2. The monoisotopic (exact) mass is 354 g/mol. The summed E-state index contributed by atoms with van der Waals surface area (Å²) in [6, 6.07) is 9.71. The predicted octanol–water partition coefficient (Wildman–Crippen LogP) is 3.94. The Morgan fingerprint density at radius 1 is 1.08 bits per heavy atom. The van der Waals surface area contributed by atoms with Gasteiger partial charge >= 0.3 is 0 Å². The summed E-state index contributed by atoms with van der Waals surface area (Å²) >= 11 is 6.06. The standard InChI is InChI=1S/C19H15ClN2O3/c1-10-16(20)8-7-14-17(10)21-9-15(18(14)24)19(25)22-13-5-3-12(4-6-13)11(2)23/h3-9H,1-2H3,(H,21,24)(H,22,25). The molecule has 0 fully saturated rings. The normalized spacial score (nSPS) is 10.7. The van der Waals surface area contributed by atoms with Crippen LogP contribution in [0.15, 0.2) is 47.4 Å². The van der Waals surface area contributed by atoms with Crippen molar-refractivity contribution >= 4 is 39.9 Å². The summed E-state index contributed by atoms with van der Waals surface area (Å²) in [5, 5.41) is 3.61. The predicted molar refractivity (Wildman–Crippen MR) is 98.7 cm³/mol. The number of carbonyl (C=O) groups excluding carboxylic acids is 2. The highest BCUT2D eigenvalue weighted by molar-refractivity contribution is 6.32. The zero-order valence-corrected chi connectivity index (χ0v) is 14.4. The number of H-pyrrole nitrogens is 1. The molecule has 1 aromatic heterocycles. The Balaban J connectivity index is 1.95. The molecule has 0 spiro atoms. The van der Waals surface area contributed by atoms with Crippen molar-refractivity contribution in [1.82, 2.24) is 4.98 Å². The first-order valence-corrected chi connectivity index (χ1v) is 7.99. The molecule has 0 aliphatic carbocycles. The largest absolute Gasteiger partial charge is 0.360 e. The van der Waals surface area contributed by atoms with Gasteiger partial charge in [0.1, 0.15) is 5.56 Å². The number of benzene rings is 2.